The van der Waals surface area contributed by atoms with Gasteiger partial charge in [-0.15, -0.1) is 0 Å². The number of ether oxygens (including phenoxy) is 1. The number of nitrogens with zero attached hydrogens (tertiary/aromatic N) is 2. The number of pyridine rings is 1. The van der Waals surface area contributed by atoms with Gasteiger partial charge in [0.25, 0.3) is 5.91 Å². The third-order valence-electron chi connectivity index (χ3n) is 2.24. The molecule has 1 amide bonds. The van der Waals surface area contributed by atoms with Crippen LogP contribution in [-0.2, 0) is 4.74 Å². The van der Waals surface area contributed by atoms with E-state index >= 15 is 0 Å². The molecule has 0 aromatic carbocycles. The van der Waals surface area contributed by atoms with E-state index < -0.39 is 0 Å². The van der Waals surface area contributed by atoms with E-state index in [0.717, 1.165) is 4.47 Å². The molecular weight excluding hydrogens is 260 g/mol. The summed E-state index contributed by atoms with van der Waals surface area (Å²) in [4.78, 5) is 17.7. The van der Waals surface area contributed by atoms with E-state index in [1.165, 1.54) is 0 Å². The molecule has 2 heterocycles. The highest BCUT2D eigenvalue weighted by atomic mass is 79.9. The maximum absolute atomic E-state index is 11.9. The number of morpholine rings is 1. The minimum atomic E-state index is -0.0224. The van der Waals surface area contributed by atoms with Crippen molar-refractivity contribution in [1.29, 1.82) is 0 Å². The standard InChI is InChI=1S/C10H11BrN2O2/c11-8-1-2-9(12-7-8)10(14)13-3-5-15-6-4-13/h1-2,7H,3-6H2. The highest BCUT2D eigenvalue weighted by Gasteiger charge is 2.18. The number of amides is 1. The SMILES string of the molecule is O=C(c1ccc(Br)cn1)N1CCOCC1. The first-order valence-corrected chi connectivity index (χ1v) is 5.55. The Morgan fingerprint density at radius 2 is 2.13 bits per heavy atom. The van der Waals surface area contributed by atoms with E-state index in [9.17, 15) is 4.79 Å². The zero-order chi connectivity index (χ0) is 10.7. The molecule has 1 aromatic rings. The Balaban J connectivity index is 2.09. The number of aromatic nitrogens is 1. The van der Waals surface area contributed by atoms with Crippen LogP contribution in [0.3, 0.4) is 0 Å². The van der Waals surface area contributed by atoms with Gasteiger partial charge in [0.2, 0.25) is 0 Å². The number of carbonyl (C=O) groups excluding carboxylic acids is 1. The average molecular weight is 271 g/mol. The number of rotatable bonds is 1. The van der Waals surface area contributed by atoms with Gasteiger partial charge >= 0.3 is 0 Å². The van der Waals surface area contributed by atoms with E-state index in [2.05, 4.69) is 20.9 Å². The van der Waals surface area contributed by atoms with E-state index in [4.69, 9.17) is 4.74 Å². The Labute approximate surface area is 96.4 Å². The minimum Gasteiger partial charge on any atom is -0.378 e. The summed E-state index contributed by atoms with van der Waals surface area (Å²) in [7, 11) is 0. The molecule has 0 atom stereocenters. The minimum absolute atomic E-state index is 0.0224. The summed E-state index contributed by atoms with van der Waals surface area (Å²) in [5.74, 6) is -0.0224. The predicted molar refractivity (Wildman–Crippen MR) is 58.7 cm³/mol. The van der Waals surface area contributed by atoms with Gasteiger partial charge in [0.05, 0.1) is 13.2 Å². The largest absolute Gasteiger partial charge is 0.378 e. The smallest absolute Gasteiger partial charge is 0.272 e. The molecule has 1 aliphatic heterocycles. The summed E-state index contributed by atoms with van der Waals surface area (Å²) in [5, 5.41) is 0. The normalized spacial score (nSPS) is 16.5. The highest BCUT2D eigenvalue weighted by molar-refractivity contribution is 9.10. The summed E-state index contributed by atoms with van der Waals surface area (Å²) in [6.07, 6.45) is 1.63. The first-order chi connectivity index (χ1) is 7.27. The van der Waals surface area contributed by atoms with Crippen molar-refractivity contribution in [3.63, 3.8) is 0 Å². The maximum Gasteiger partial charge on any atom is 0.272 e. The lowest BCUT2D eigenvalue weighted by Crippen LogP contribution is -2.41. The summed E-state index contributed by atoms with van der Waals surface area (Å²) in [6.45, 7) is 2.53. The third kappa shape index (κ3) is 2.54. The molecule has 1 aliphatic rings. The number of hydrogen-bond acceptors (Lipinski definition) is 3. The van der Waals surface area contributed by atoms with Crippen molar-refractivity contribution in [2.75, 3.05) is 26.3 Å². The van der Waals surface area contributed by atoms with Crippen molar-refractivity contribution in [3.05, 3.63) is 28.5 Å². The first kappa shape index (κ1) is 10.6. The Morgan fingerprint density at radius 1 is 1.40 bits per heavy atom. The van der Waals surface area contributed by atoms with Crippen LogP contribution in [0.4, 0.5) is 0 Å². The fraction of sp³-hybridized carbons (Fsp3) is 0.400. The van der Waals surface area contributed by atoms with Gasteiger partial charge in [-0.1, -0.05) is 0 Å². The highest BCUT2D eigenvalue weighted by Crippen LogP contribution is 2.10. The fourth-order valence-electron chi connectivity index (χ4n) is 1.43. The van der Waals surface area contributed by atoms with Crippen LogP contribution in [0.1, 0.15) is 10.5 Å². The molecule has 1 fully saturated rings. The predicted octanol–water partition coefficient (Wildman–Crippen LogP) is 1.32. The van der Waals surface area contributed by atoms with E-state index in [-0.39, 0.29) is 5.91 Å². The number of carbonyl (C=O) groups is 1. The topological polar surface area (TPSA) is 42.4 Å². The lowest BCUT2D eigenvalue weighted by Gasteiger charge is -2.26. The van der Waals surface area contributed by atoms with Crippen molar-refractivity contribution in [1.82, 2.24) is 9.88 Å². The average Bonchev–Trinajstić information content (AvgIpc) is 2.30. The summed E-state index contributed by atoms with van der Waals surface area (Å²) in [5.41, 5.74) is 0.486. The zero-order valence-electron chi connectivity index (χ0n) is 8.15. The zero-order valence-corrected chi connectivity index (χ0v) is 9.74. The van der Waals surface area contributed by atoms with E-state index in [0.29, 0.717) is 32.0 Å². The Bertz CT molecular complexity index is 347. The molecule has 2 rings (SSSR count). The molecule has 0 spiro atoms. The lowest BCUT2D eigenvalue weighted by molar-refractivity contribution is 0.0299. The summed E-state index contributed by atoms with van der Waals surface area (Å²) < 4.78 is 6.06. The van der Waals surface area contributed by atoms with E-state index in [1.807, 2.05) is 6.07 Å². The molecule has 0 radical (unpaired) electrons. The lowest BCUT2D eigenvalue weighted by atomic mass is 10.3. The monoisotopic (exact) mass is 270 g/mol. The van der Waals surface area contributed by atoms with Crippen LogP contribution >= 0.6 is 15.9 Å². The Hall–Kier alpha value is -0.940. The van der Waals surface area contributed by atoms with Crippen molar-refractivity contribution in [2.45, 2.75) is 0 Å². The quantitative estimate of drug-likeness (QED) is 0.773. The van der Waals surface area contributed by atoms with Crippen LogP contribution < -0.4 is 0 Å². The molecule has 1 aromatic heterocycles. The van der Waals surface area contributed by atoms with Crippen molar-refractivity contribution < 1.29 is 9.53 Å². The summed E-state index contributed by atoms with van der Waals surface area (Å²) in [6, 6.07) is 3.54. The van der Waals surface area contributed by atoms with Gasteiger partial charge in [-0.25, -0.2) is 4.98 Å². The molecule has 0 N–H and O–H groups in total. The van der Waals surface area contributed by atoms with Crippen molar-refractivity contribution in [2.24, 2.45) is 0 Å². The molecule has 4 nitrogen and oxygen atoms in total. The Morgan fingerprint density at radius 3 is 2.73 bits per heavy atom. The van der Waals surface area contributed by atoms with Gasteiger partial charge in [0, 0.05) is 23.8 Å². The molecule has 15 heavy (non-hydrogen) atoms. The van der Waals surface area contributed by atoms with Gasteiger partial charge in [-0.2, -0.15) is 0 Å². The van der Waals surface area contributed by atoms with Gasteiger partial charge in [0.15, 0.2) is 0 Å². The molecule has 80 valence electrons. The third-order valence-corrected chi connectivity index (χ3v) is 2.71. The van der Waals surface area contributed by atoms with E-state index in [1.54, 1.807) is 17.2 Å². The van der Waals surface area contributed by atoms with Gasteiger partial charge in [-0.3, -0.25) is 4.79 Å². The van der Waals surface area contributed by atoms with Gasteiger partial charge in [-0.05, 0) is 28.1 Å². The Kier molecular flexibility index (Phi) is 3.33. The molecule has 0 bridgehead atoms. The first-order valence-electron chi connectivity index (χ1n) is 4.76. The molecule has 1 saturated heterocycles. The van der Waals surface area contributed by atoms with Gasteiger partial charge < -0.3 is 9.64 Å². The maximum atomic E-state index is 11.9. The molecule has 0 saturated carbocycles. The molecular formula is C10H11BrN2O2. The van der Waals surface area contributed by atoms with Gasteiger partial charge in [0.1, 0.15) is 5.69 Å². The van der Waals surface area contributed by atoms with Crippen LogP contribution in [0, 0.1) is 0 Å². The van der Waals surface area contributed by atoms with Crippen LogP contribution in [-0.4, -0.2) is 42.1 Å². The van der Waals surface area contributed by atoms with Crippen LogP contribution in [0.2, 0.25) is 0 Å². The molecule has 0 aliphatic carbocycles. The number of halogens is 1. The van der Waals surface area contributed by atoms with Crippen LogP contribution in [0.5, 0.6) is 0 Å². The second-order valence-electron chi connectivity index (χ2n) is 3.27. The second-order valence-corrected chi connectivity index (χ2v) is 4.18. The van der Waals surface area contributed by atoms with Crippen molar-refractivity contribution >= 4 is 21.8 Å². The number of hydrogen-bond donors (Lipinski definition) is 0. The fourth-order valence-corrected chi connectivity index (χ4v) is 1.67. The second kappa shape index (κ2) is 4.72. The molecule has 5 heteroatoms. The van der Waals surface area contributed by atoms with Crippen LogP contribution in [0.15, 0.2) is 22.8 Å². The summed E-state index contributed by atoms with van der Waals surface area (Å²) >= 11 is 3.28. The van der Waals surface area contributed by atoms with Crippen molar-refractivity contribution in [3.8, 4) is 0 Å². The van der Waals surface area contributed by atoms with Crippen LogP contribution in [0.25, 0.3) is 0 Å². The molecule has 0 unspecified atom stereocenters.